The second-order valence-electron chi connectivity index (χ2n) is 7.96. The molecule has 0 saturated carbocycles. The first-order valence-electron chi connectivity index (χ1n) is 10.1. The average Bonchev–Trinajstić information content (AvgIpc) is 3.16. The van der Waals surface area contributed by atoms with Gasteiger partial charge in [0.25, 0.3) is 5.91 Å². The molecule has 29 heavy (non-hydrogen) atoms. The van der Waals surface area contributed by atoms with E-state index < -0.39 is 0 Å². The van der Waals surface area contributed by atoms with Crippen molar-refractivity contribution in [1.82, 2.24) is 9.80 Å². The number of carbonyl (C=O) groups is 2. The van der Waals surface area contributed by atoms with Gasteiger partial charge in [-0.15, -0.1) is 11.3 Å². The normalized spacial score (nSPS) is 19.1. The minimum Gasteiger partial charge on any atom is -0.367 e. The molecular formula is C22H26ClN3O2S. The first-order valence-corrected chi connectivity index (χ1v) is 11.2. The van der Waals surface area contributed by atoms with Gasteiger partial charge in [0.1, 0.15) is 0 Å². The Hall–Kier alpha value is -2.05. The molecule has 0 N–H and O–H groups in total. The van der Waals surface area contributed by atoms with Crippen LogP contribution in [0.3, 0.4) is 0 Å². The molecule has 1 saturated heterocycles. The van der Waals surface area contributed by atoms with Crippen molar-refractivity contribution in [3.8, 4) is 0 Å². The van der Waals surface area contributed by atoms with E-state index in [2.05, 4.69) is 4.90 Å². The molecule has 154 valence electrons. The largest absolute Gasteiger partial charge is 0.367 e. The van der Waals surface area contributed by atoms with E-state index >= 15 is 0 Å². The number of para-hydroxylation sites is 1. The molecule has 4 rings (SSSR count). The lowest BCUT2D eigenvalue weighted by atomic mass is 9.87. The van der Waals surface area contributed by atoms with E-state index in [4.69, 9.17) is 11.6 Å². The Labute approximate surface area is 180 Å². The van der Waals surface area contributed by atoms with Gasteiger partial charge in [0.2, 0.25) is 5.91 Å². The Morgan fingerprint density at radius 2 is 1.86 bits per heavy atom. The van der Waals surface area contributed by atoms with Crippen molar-refractivity contribution in [3.63, 3.8) is 0 Å². The number of nitrogens with zero attached hydrogens (tertiary/aromatic N) is 3. The first kappa shape index (κ1) is 20.2. The summed E-state index contributed by atoms with van der Waals surface area (Å²) < 4.78 is 0. The SMILES string of the molecule is CN(C)C(=O)c1cc2c(s1)CC[C@@H](C(=O)N1CCN(c3ccccc3Cl)CC1)C2. The Morgan fingerprint density at radius 3 is 2.55 bits per heavy atom. The molecule has 0 unspecified atom stereocenters. The van der Waals surface area contributed by atoms with Gasteiger partial charge in [-0.3, -0.25) is 9.59 Å². The van der Waals surface area contributed by atoms with Crippen LogP contribution in [0.15, 0.2) is 30.3 Å². The van der Waals surface area contributed by atoms with Crippen molar-refractivity contribution in [2.45, 2.75) is 19.3 Å². The van der Waals surface area contributed by atoms with Crippen molar-refractivity contribution in [2.75, 3.05) is 45.2 Å². The van der Waals surface area contributed by atoms with Crippen LogP contribution in [0.25, 0.3) is 0 Å². The molecule has 0 bridgehead atoms. The van der Waals surface area contributed by atoms with E-state index in [9.17, 15) is 9.59 Å². The van der Waals surface area contributed by atoms with Crippen molar-refractivity contribution in [1.29, 1.82) is 0 Å². The summed E-state index contributed by atoms with van der Waals surface area (Å²) in [6, 6.07) is 9.87. The third-order valence-electron chi connectivity index (χ3n) is 5.83. The van der Waals surface area contributed by atoms with Gasteiger partial charge in [0.05, 0.1) is 15.6 Å². The molecule has 2 aromatic rings. The van der Waals surface area contributed by atoms with Crippen molar-refractivity contribution >= 4 is 40.4 Å². The summed E-state index contributed by atoms with van der Waals surface area (Å²) in [4.78, 5) is 33.3. The Balaban J connectivity index is 1.38. The highest BCUT2D eigenvalue weighted by Crippen LogP contribution is 2.34. The van der Waals surface area contributed by atoms with Crippen molar-refractivity contribution in [2.24, 2.45) is 5.92 Å². The minimum absolute atomic E-state index is 0.0197. The number of benzene rings is 1. The smallest absolute Gasteiger partial charge is 0.263 e. The summed E-state index contributed by atoms with van der Waals surface area (Å²) in [6.45, 7) is 3.05. The van der Waals surface area contributed by atoms with Gasteiger partial charge >= 0.3 is 0 Å². The monoisotopic (exact) mass is 431 g/mol. The molecule has 2 heterocycles. The highest BCUT2D eigenvalue weighted by molar-refractivity contribution is 7.14. The van der Waals surface area contributed by atoms with E-state index in [0.717, 1.165) is 61.0 Å². The van der Waals surface area contributed by atoms with Crippen LogP contribution in [0.4, 0.5) is 5.69 Å². The van der Waals surface area contributed by atoms with Gasteiger partial charge in [-0.05, 0) is 43.0 Å². The maximum atomic E-state index is 13.1. The zero-order valence-electron chi connectivity index (χ0n) is 16.9. The third-order valence-corrected chi connectivity index (χ3v) is 7.38. The predicted octanol–water partition coefficient (Wildman–Crippen LogP) is 3.56. The zero-order chi connectivity index (χ0) is 20.5. The summed E-state index contributed by atoms with van der Waals surface area (Å²) in [7, 11) is 3.55. The number of carbonyl (C=O) groups excluding carboxylic acids is 2. The molecule has 7 heteroatoms. The van der Waals surface area contributed by atoms with E-state index in [1.165, 1.54) is 10.4 Å². The molecular weight excluding hydrogens is 406 g/mol. The molecule has 1 aliphatic heterocycles. The number of fused-ring (bicyclic) bond motifs is 1. The van der Waals surface area contributed by atoms with E-state index in [0.29, 0.717) is 0 Å². The summed E-state index contributed by atoms with van der Waals surface area (Å²) in [5.41, 5.74) is 2.22. The second kappa shape index (κ2) is 8.36. The topological polar surface area (TPSA) is 43.9 Å². The molecule has 2 amide bonds. The van der Waals surface area contributed by atoms with Gasteiger partial charge < -0.3 is 14.7 Å². The first-order chi connectivity index (χ1) is 13.9. The van der Waals surface area contributed by atoms with E-state index in [1.807, 2.05) is 35.2 Å². The lowest BCUT2D eigenvalue weighted by Gasteiger charge is -2.38. The van der Waals surface area contributed by atoms with Crippen molar-refractivity contribution < 1.29 is 9.59 Å². The van der Waals surface area contributed by atoms with Crippen molar-refractivity contribution in [3.05, 3.63) is 50.7 Å². The predicted molar refractivity (Wildman–Crippen MR) is 118 cm³/mol. The Bertz CT molecular complexity index is 919. The molecule has 1 aromatic carbocycles. The summed E-state index contributed by atoms with van der Waals surface area (Å²) >= 11 is 7.91. The molecule has 5 nitrogen and oxygen atoms in total. The van der Waals surface area contributed by atoms with Crippen LogP contribution in [-0.2, 0) is 17.6 Å². The number of thiophene rings is 1. The van der Waals surface area contributed by atoms with Gasteiger partial charge in [-0.2, -0.15) is 0 Å². The lowest BCUT2D eigenvalue weighted by molar-refractivity contribution is -0.136. The van der Waals surface area contributed by atoms with Crippen LogP contribution >= 0.6 is 22.9 Å². The number of halogens is 1. The number of hydrogen-bond acceptors (Lipinski definition) is 4. The quantitative estimate of drug-likeness (QED) is 0.746. The third kappa shape index (κ3) is 4.14. The maximum Gasteiger partial charge on any atom is 0.263 e. The molecule has 1 aromatic heterocycles. The molecule has 1 atom stereocenters. The molecule has 1 fully saturated rings. The highest BCUT2D eigenvalue weighted by Gasteiger charge is 2.32. The zero-order valence-corrected chi connectivity index (χ0v) is 18.4. The molecule has 0 radical (unpaired) electrons. The van der Waals surface area contributed by atoms with E-state index in [1.54, 1.807) is 30.3 Å². The lowest BCUT2D eigenvalue weighted by Crippen LogP contribution is -2.51. The van der Waals surface area contributed by atoms with Crippen LogP contribution in [-0.4, -0.2) is 61.9 Å². The maximum absolute atomic E-state index is 13.1. The van der Waals surface area contributed by atoms with Gasteiger partial charge in [-0.1, -0.05) is 23.7 Å². The van der Waals surface area contributed by atoms with Crippen LogP contribution in [0, 0.1) is 5.92 Å². The summed E-state index contributed by atoms with van der Waals surface area (Å²) in [5.74, 6) is 0.315. The number of aryl methyl sites for hydroxylation is 1. The Morgan fingerprint density at radius 1 is 1.14 bits per heavy atom. The molecule has 1 aliphatic carbocycles. The second-order valence-corrected chi connectivity index (χ2v) is 9.51. The number of rotatable bonds is 3. The fourth-order valence-corrected chi connectivity index (χ4v) is 5.68. The van der Waals surface area contributed by atoms with Gasteiger partial charge in [-0.25, -0.2) is 0 Å². The number of anilines is 1. The highest BCUT2D eigenvalue weighted by atomic mass is 35.5. The van der Waals surface area contributed by atoms with E-state index in [-0.39, 0.29) is 17.7 Å². The fraction of sp³-hybridized carbons (Fsp3) is 0.455. The molecule has 0 spiro atoms. The van der Waals surface area contributed by atoms with Gasteiger partial charge in [0, 0.05) is 51.1 Å². The van der Waals surface area contributed by atoms with Crippen LogP contribution in [0.2, 0.25) is 5.02 Å². The number of amides is 2. The van der Waals surface area contributed by atoms with Crippen LogP contribution in [0.1, 0.15) is 26.5 Å². The summed E-state index contributed by atoms with van der Waals surface area (Å²) in [6.07, 6.45) is 2.50. The average molecular weight is 432 g/mol. The number of piperazine rings is 1. The summed E-state index contributed by atoms with van der Waals surface area (Å²) in [5, 5.41) is 0.757. The Kier molecular flexibility index (Phi) is 5.83. The molecule has 2 aliphatic rings. The minimum atomic E-state index is 0.0197. The van der Waals surface area contributed by atoms with Gasteiger partial charge in [0.15, 0.2) is 0 Å². The fourth-order valence-electron chi connectivity index (χ4n) is 4.19. The standard InChI is InChI=1S/C22H26ClN3O2S/c1-24(2)22(28)20-14-16-13-15(7-8-19(16)29-20)21(27)26-11-9-25(10-12-26)18-6-4-3-5-17(18)23/h3-6,14-15H,7-13H2,1-2H3/t15-/m1/s1. The number of hydrogen-bond donors (Lipinski definition) is 0. The van der Waals surface area contributed by atoms with Crippen LogP contribution in [0.5, 0.6) is 0 Å². The van der Waals surface area contributed by atoms with Crippen LogP contribution < -0.4 is 4.90 Å².